The third kappa shape index (κ3) is 4.76. The minimum absolute atomic E-state index is 0.112. The second-order valence-corrected chi connectivity index (χ2v) is 8.06. The SMILES string of the molecule is Cc1nc(CC(=O)N2CCN(c3ccccc3C=CC(=O)NO)CC2)c(C)s1. The predicted octanol–water partition coefficient (Wildman–Crippen LogP) is 2.17. The van der Waals surface area contributed by atoms with Gasteiger partial charge in [-0.3, -0.25) is 14.8 Å². The quantitative estimate of drug-likeness (QED) is 0.456. The van der Waals surface area contributed by atoms with Gasteiger partial charge in [-0.1, -0.05) is 18.2 Å². The Kier molecular flexibility index (Phi) is 6.43. The Morgan fingerprint density at radius 3 is 2.57 bits per heavy atom. The number of nitrogens with zero attached hydrogens (tertiary/aromatic N) is 3. The molecule has 2 amide bonds. The first-order valence-corrected chi connectivity index (χ1v) is 9.96. The summed E-state index contributed by atoms with van der Waals surface area (Å²) in [6.45, 7) is 6.70. The van der Waals surface area contributed by atoms with Crippen LogP contribution in [0.4, 0.5) is 5.69 Å². The van der Waals surface area contributed by atoms with E-state index >= 15 is 0 Å². The fourth-order valence-electron chi connectivity index (χ4n) is 3.31. The van der Waals surface area contributed by atoms with Crippen molar-refractivity contribution in [1.29, 1.82) is 0 Å². The number of hydrogen-bond acceptors (Lipinski definition) is 6. The lowest BCUT2D eigenvalue weighted by Crippen LogP contribution is -2.49. The predicted molar refractivity (Wildman–Crippen MR) is 109 cm³/mol. The van der Waals surface area contributed by atoms with Gasteiger partial charge in [0.2, 0.25) is 5.91 Å². The minimum Gasteiger partial charge on any atom is -0.367 e. The van der Waals surface area contributed by atoms with Crippen molar-refractivity contribution < 1.29 is 14.8 Å². The molecule has 1 aromatic carbocycles. The van der Waals surface area contributed by atoms with Crippen molar-refractivity contribution in [1.82, 2.24) is 15.4 Å². The van der Waals surface area contributed by atoms with E-state index in [1.807, 2.05) is 43.0 Å². The molecule has 2 aromatic rings. The van der Waals surface area contributed by atoms with E-state index in [0.29, 0.717) is 19.5 Å². The first-order valence-electron chi connectivity index (χ1n) is 9.14. The summed E-state index contributed by atoms with van der Waals surface area (Å²) in [7, 11) is 0. The Balaban J connectivity index is 1.62. The van der Waals surface area contributed by atoms with E-state index in [1.165, 1.54) is 6.08 Å². The first-order chi connectivity index (χ1) is 13.5. The summed E-state index contributed by atoms with van der Waals surface area (Å²) in [5.74, 6) is -0.460. The molecule has 1 saturated heterocycles. The van der Waals surface area contributed by atoms with Gasteiger partial charge >= 0.3 is 0 Å². The molecule has 148 valence electrons. The van der Waals surface area contributed by atoms with Crippen LogP contribution >= 0.6 is 11.3 Å². The number of rotatable bonds is 5. The highest BCUT2D eigenvalue weighted by Gasteiger charge is 2.23. The van der Waals surface area contributed by atoms with Gasteiger partial charge in [0.25, 0.3) is 5.91 Å². The van der Waals surface area contributed by atoms with Crippen molar-refractivity contribution in [2.24, 2.45) is 0 Å². The van der Waals surface area contributed by atoms with Crippen LogP contribution in [-0.2, 0) is 16.0 Å². The molecule has 3 rings (SSSR count). The number of hydrogen-bond donors (Lipinski definition) is 2. The largest absolute Gasteiger partial charge is 0.367 e. The maximum absolute atomic E-state index is 12.6. The van der Waals surface area contributed by atoms with Gasteiger partial charge in [-0.15, -0.1) is 11.3 Å². The van der Waals surface area contributed by atoms with Crippen LogP contribution in [0.2, 0.25) is 0 Å². The number of anilines is 1. The highest BCUT2D eigenvalue weighted by molar-refractivity contribution is 7.11. The zero-order valence-electron chi connectivity index (χ0n) is 16.0. The lowest BCUT2D eigenvalue weighted by atomic mass is 10.1. The molecule has 0 saturated carbocycles. The number of carbonyl (C=O) groups is 2. The third-order valence-corrected chi connectivity index (χ3v) is 5.68. The highest BCUT2D eigenvalue weighted by atomic mass is 32.1. The van der Waals surface area contributed by atoms with E-state index in [9.17, 15) is 9.59 Å². The van der Waals surface area contributed by atoms with Crippen molar-refractivity contribution in [2.75, 3.05) is 31.1 Å². The van der Waals surface area contributed by atoms with Crippen molar-refractivity contribution in [3.05, 3.63) is 51.5 Å². The van der Waals surface area contributed by atoms with Gasteiger partial charge in [0.05, 0.1) is 17.1 Å². The maximum atomic E-state index is 12.6. The molecule has 1 aromatic heterocycles. The summed E-state index contributed by atoms with van der Waals surface area (Å²) >= 11 is 1.62. The van der Waals surface area contributed by atoms with Crippen LogP contribution in [0, 0.1) is 13.8 Å². The second kappa shape index (κ2) is 8.99. The molecule has 28 heavy (non-hydrogen) atoms. The minimum atomic E-state index is -0.571. The zero-order chi connectivity index (χ0) is 20.1. The molecular weight excluding hydrogens is 376 g/mol. The van der Waals surface area contributed by atoms with Gasteiger partial charge in [0, 0.05) is 42.8 Å². The van der Waals surface area contributed by atoms with Crippen molar-refractivity contribution >= 4 is 34.9 Å². The molecule has 0 aliphatic carbocycles. The monoisotopic (exact) mass is 400 g/mol. The van der Waals surface area contributed by atoms with Gasteiger partial charge in [0.1, 0.15) is 0 Å². The van der Waals surface area contributed by atoms with Crippen LogP contribution in [-0.4, -0.2) is 53.1 Å². The number of amides is 2. The number of para-hydroxylation sites is 1. The van der Waals surface area contributed by atoms with Crippen molar-refractivity contribution in [3.8, 4) is 0 Å². The van der Waals surface area contributed by atoms with Crippen LogP contribution in [0.5, 0.6) is 0 Å². The van der Waals surface area contributed by atoms with Crippen LogP contribution < -0.4 is 10.4 Å². The molecule has 1 aliphatic rings. The van der Waals surface area contributed by atoms with Gasteiger partial charge < -0.3 is 9.80 Å². The van der Waals surface area contributed by atoms with E-state index < -0.39 is 5.91 Å². The lowest BCUT2D eigenvalue weighted by molar-refractivity contribution is -0.130. The maximum Gasteiger partial charge on any atom is 0.267 e. The van der Waals surface area contributed by atoms with E-state index in [1.54, 1.807) is 22.9 Å². The van der Waals surface area contributed by atoms with Crippen LogP contribution in [0.1, 0.15) is 21.1 Å². The van der Waals surface area contributed by atoms with Gasteiger partial charge in [-0.05, 0) is 31.6 Å². The normalized spacial score (nSPS) is 14.5. The number of aromatic nitrogens is 1. The van der Waals surface area contributed by atoms with Crippen LogP contribution in [0.15, 0.2) is 30.3 Å². The average Bonchev–Trinajstić information content (AvgIpc) is 3.03. The topological polar surface area (TPSA) is 85.8 Å². The first kappa shape index (κ1) is 20.0. The smallest absolute Gasteiger partial charge is 0.267 e. The summed E-state index contributed by atoms with van der Waals surface area (Å²) in [5, 5.41) is 9.62. The Morgan fingerprint density at radius 1 is 1.21 bits per heavy atom. The van der Waals surface area contributed by atoms with Crippen molar-refractivity contribution in [2.45, 2.75) is 20.3 Å². The molecule has 0 radical (unpaired) electrons. The number of thiazole rings is 1. The van der Waals surface area contributed by atoms with E-state index in [2.05, 4.69) is 9.88 Å². The molecule has 2 heterocycles. The van der Waals surface area contributed by atoms with Gasteiger partial charge in [-0.25, -0.2) is 10.5 Å². The molecule has 0 spiro atoms. The number of aryl methyl sites for hydroxylation is 2. The fraction of sp³-hybridized carbons (Fsp3) is 0.350. The van der Waals surface area contributed by atoms with Crippen molar-refractivity contribution in [3.63, 3.8) is 0 Å². The standard InChI is InChI=1S/C20H24N4O3S/c1-14-17(21-15(2)28-14)13-20(26)24-11-9-23(10-12-24)18-6-4-3-5-16(18)7-8-19(25)22-27/h3-8,27H,9-13H2,1-2H3,(H,22,25). The molecule has 1 fully saturated rings. The number of piperazine rings is 1. The Labute approximate surface area is 168 Å². The summed E-state index contributed by atoms with van der Waals surface area (Å²) in [6.07, 6.45) is 3.31. The lowest BCUT2D eigenvalue weighted by Gasteiger charge is -2.36. The number of carbonyl (C=O) groups excluding carboxylic acids is 2. The molecule has 0 unspecified atom stereocenters. The van der Waals surface area contributed by atoms with E-state index in [0.717, 1.165) is 39.9 Å². The molecule has 8 heteroatoms. The molecule has 0 bridgehead atoms. The third-order valence-electron chi connectivity index (χ3n) is 4.75. The summed E-state index contributed by atoms with van der Waals surface area (Å²) in [6, 6.07) is 7.76. The summed E-state index contributed by atoms with van der Waals surface area (Å²) in [4.78, 5) is 33.6. The number of hydroxylamine groups is 1. The highest BCUT2D eigenvalue weighted by Crippen LogP contribution is 2.24. The molecule has 2 N–H and O–H groups in total. The zero-order valence-corrected chi connectivity index (χ0v) is 16.8. The molecule has 0 atom stereocenters. The Bertz CT molecular complexity index is 885. The van der Waals surface area contributed by atoms with Crippen LogP contribution in [0.25, 0.3) is 6.08 Å². The fourth-order valence-corrected chi connectivity index (χ4v) is 4.14. The van der Waals surface area contributed by atoms with Gasteiger partial charge in [-0.2, -0.15) is 0 Å². The van der Waals surface area contributed by atoms with E-state index in [4.69, 9.17) is 5.21 Å². The van der Waals surface area contributed by atoms with E-state index in [-0.39, 0.29) is 5.91 Å². The Hall–Kier alpha value is -2.71. The van der Waals surface area contributed by atoms with Gasteiger partial charge in [0.15, 0.2) is 0 Å². The summed E-state index contributed by atoms with van der Waals surface area (Å²) < 4.78 is 0. The number of nitrogens with one attached hydrogen (secondary N) is 1. The number of benzene rings is 1. The second-order valence-electron chi connectivity index (χ2n) is 6.65. The summed E-state index contributed by atoms with van der Waals surface area (Å²) in [5.41, 5.74) is 4.36. The molecular formula is C20H24N4O3S. The van der Waals surface area contributed by atoms with Crippen LogP contribution in [0.3, 0.4) is 0 Å². The average molecular weight is 401 g/mol. The molecule has 7 nitrogen and oxygen atoms in total. The Morgan fingerprint density at radius 2 is 1.93 bits per heavy atom. The molecule has 1 aliphatic heterocycles.